The van der Waals surface area contributed by atoms with Crippen LogP contribution in [0.25, 0.3) is 5.57 Å². The van der Waals surface area contributed by atoms with Gasteiger partial charge in [-0.05, 0) is 90.6 Å². The molecular weight excluding hydrogens is 546 g/mol. The Labute approximate surface area is 253 Å². The highest BCUT2D eigenvalue weighted by atomic mass is 32.2. The number of methoxy groups -OCH3 is 1. The molecule has 7 heteroatoms. The standard InChI is InChI=1S/C35H37NO5S/c1-26-24-30(11-16-34(26)41-25-35(37)38-2)40-21-17-33(29-9-12-31(13-10-29)42-32-14-15-32)28-7-5-27(6-8-28)4-3-18-36-19-22-39-23-20-36/h5-13,16-17,24,32H,14-15,18-23,25H2,1-2H3. The van der Waals surface area contributed by atoms with Gasteiger partial charge in [-0.25, -0.2) is 4.79 Å². The summed E-state index contributed by atoms with van der Waals surface area (Å²) in [5.74, 6) is 7.56. The van der Waals surface area contributed by atoms with Crippen LogP contribution in [0.15, 0.2) is 77.7 Å². The van der Waals surface area contributed by atoms with E-state index in [1.54, 1.807) is 0 Å². The predicted molar refractivity (Wildman–Crippen MR) is 167 cm³/mol. The highest BCUT2D eigenvalue weighted by molar-refractivity contribution is 8.00. The Hall–Kier alpha value is -3.70. The Morgan fingerprint density at radius 2 is 1.71 bits per heavy atom. The number of morpholine rings is 1. The van der Waals surface area contributed by atoms with E-state index in [0.29, 0.717) is 12.4 Å². The lowest BCUT2D eigenvalue weighted by molar-refractivity contribution is -0.142. The molecule has 1 saturated heterocycles. The number of rotatable bonds is 11. The largest absolute Gasteiger partial charge is 0.489 e. The molecule has 6 nitrogen and oxygen atoms in total. The van der Waals surface area contributed by atoms with Crippen LogP contribution in [0.2, 0.25) is 0 Å². The van der Waals surface area contributed by atoms with Crippen LogP contribution in [-0.2, 0) is 14.3 Å². The summed E-state index contributed by atoms with van der Waals surface area (Å²) in [5, 5.41) is 0.775. The summed E-state index contributed by atoms with van der Waals surface area (Å²) >= 11 is 1.96. The minimum absolute atomic E-state index is 0.125. The number of carbonyl (C=O) groups excluding carboxylic acids is 1. The molecular formula is C35H37NO5S. The zero-order valence-corrected chi connectivity index (χ0v) is 25.1. The van der Waals surface area contributed by atoms with Crippen molar-refractivity contribution in [1.29, 1.82) is 0 Å². The van der Waals surface area contributed by atoms with Gasteiger partial charge in [-0.15, -0.1) is 11.8 Å². The van der Waals surface area contributed by atoms with Crippen LogP contribution in [0.3, 0.4) is 0 Å². The molecule has 2 fully saturated rings. The Bertz CT molecular complexity index is 1430. The van der Waals surface area contributed by atoms with Crippen LogP contribution < -0.4 is 9.47 Å². The normalized spacial score (nSPS) is 15.4. The highest BCUT2D eigenvalue weighted by Crippen LogP contribution is 2.39. The number of thioether (sulfide) groups is 1. The van der Waals surface area contributed by atoms with E-state index in [9.17, 15) is 4.79 Å². The Morgan fingerprint density at radius 1 is 1.00 bits per heavy atom. The van der Waals surface area contributed by atoms with E-state index in [0.717, 1.165) is 71.7 Å². The number of ether oxygens (including phenoxy) is 4. The van der Waals surface area contributed by atoms with E-state index in [1.165, 1.54) is 24.8 Å². The Morgan fingerprint density at radius 3 is 2.38 bits per heavy atom. The SMILES string of the molecule is COC(=O)COc1ccc(OCC=C(c2ccc(C#CCN3CCOCC3)cc2)c2ccc(SC3CC3)cc2)cc1C. The molecule has 0 bridgehead atoms. The molecule has 0 amide bonds. The third kappa shape index (κ3) is 8.90. The molecule has 1 heterocycles. The molecule has 218 valence electrons. The number of nitrogens with zero attached hydrogens (tertiary/aromatic N) is 1. The molecule has 0 unspecified atom stereocenters. The Kier molecular flexibility index (Phi) is 10.6. The molecule has 1 saturated carbocycles. The number of esters is 1. The van der Waals surface area contributed by atoms with Crippen molar-refractivity contribution in [2.75, 3.05) is 53.2 Å². The van der Waals surface area contributed by atoms with Gasteiger partial charge in [0.2, 0.25) is 0 Å². The van der Waals surface area contributed by atoms with Crippen LogP contribution >= 0.6 is 11.8 Å². The summed E-state index contributed by atoms with van der Waals surface area (Å²) in [7, 11) is 1.34. The van der Waals surface area contributed by atoms with Crippen molar-refractivity contribution in [2.45, 2.75) is 29.9 Å². The van der Waals surface area contributed by atoms with Crippen LogP contribution in [0.1, 0.15) is 35.1 Å². The maximum atomic E-state index is 11.4. The van der Waals surface area contributed by atoms with Crippen molar-refractivity contribution in [3.63, 3.8) is 0 Å². The molecule has 1 aliphatic carbocycles. The molecule has 1 aliphatic heterocycles. The van der Waals surface area contributed by atoms with Gasteiger partial charge in [0.1, 0.15) is 18.1 Å². The quantitative estimate of drug-likeness (QED) is 0.203. The zero-order valence-electron chi connectivity index (χ0n) is 24.3. The smallest absolute Gasteiger partial charge is 0.343 e. The van der Waals surface area contributed by atoms with Crippen LogP contribution in [0, 0.1) is 18.8 Å². The van der Waals surface area contributed by atoms with Gasteiger partial charge in [0.05, 0.1) is 26.9 Å². The first-order valence-corrected chi connectivity index (χ1v) is 15.2. The van der Waals surface area contributed by atoms with Gasteiger partial charge < -0.3 is 18.9 Å². The first-order chi connectivity index (χ1) is 20.6. The Balaban J connectivity index is 1.28. The number of carbonyl (C=O) groups is 1. The second-order valence-corrected chi connectivity index (χ2v) is 11.7. The minimum atomic E-state index is -0.417. The third-order valence-electron chi connectivity index (χ3n) is 7.08. The van der Waals surface area contributed by atoms with Gasteiger partial charge in [0.25, 0.3) is 0 Å². The van der Waals surface area contributed by atoms with Crippen molar-refractivity contribution in [1.82, 2.24) is 4.90 Å². The monoisotopic (exact) mass is 583 g/mol. The molecule has 0 N–H and O–H groups in total. The second-order valence-electron chi connectivity index (χ2n) is 10.3. The van der Waals surface area contributed by atoms with Gasteiger partial charge in [0, 0.05) is 28.8 Å². The van der Waals surface area contributed by atoms with Gasteiger partial charge in [-0.1, -0.05) is 36.1 Å². The zero-order chi connectivity index (χ0) is 29.1. The topological polar surface area (TPSA) is 57.2 Å². The van der Waals surface area contributed by atoms with Crippen molar-refractivity contribution < 1.29 is 23.7 Å². The number of benzene rings is 3. The fraction of sp³-hybridized carbons (Fsp3) is 0.343. The summed E-state index contributed by atoms with van der Waals surface area (Å²) in [4.78, 5) is 15.0. The fourth-order valence-electron chi connectivity index (χ4n) is 4.53. The number of hydrogen-bond acceptors (Lipinski definition) is 7. The van der Waals surface area contributed by atoms with Crippen LogP contribution in [-0.4, -0.2) is 69.3 Å². The maximum Gasteiger partial charge on any atom is 0.343 e. The van der Waals surface area contributed by atoms with E-state index < -0.39 is 5.97 Å². The predicted octanol–water partition coefficient (Wildman–Crippen LogP) is 6.00. The van der Waals surface area contributed by atoms with Crippen molar-refractivity contribution in [3.05, 3.63) is 95.1 Å². The van der Waals surface area contributed by atoms with Crippen molar-refractivity contribution >= 4 is 23.3 Å². The summed E-state index contributed by atoms with van der Waals surface area (Å²) < 4.78 is 21.7. The second kappa shape index (κ2) is 15.0. The molecule has 3 aromatic carbocycles. The van der Waals surface area contributed by atoms with E-state index in [4.69, 9.17) is 14.2 Å². The minimum Gasteiger partial charge on any atom is -0.489 e. The van der Waals surface area contributed by atoms with Crippen molar-refractivity contribution in [3.8, 4) is 23.3 Å². The average molecular weight is 584 g/mol. The average Bonchev–Trinajstić information content (AvgIpc) is 3.84. The highest BCUT2D eigenvalue weighted by Gasteiger charge is 2.22. The first kappa shape index (κ1) is 29.8. The van der Waals surface area contributed by atoms with Gasteiger partial charge in [-0.2, -0.15) is 0 Å². The fourth-order valence-corrected chi connectivity index (χ4v) is 5.58. The lowest BCUT2D eigenvalue weighted by Gasteiger charge is -2.24. The summed E-state index contributed by atoms with van der Waals surface area (Å²) in [5.41, 5.74) is 5.26. The number of aryl methyl sites for hydroxylation is 1. The molecule has 0 aromatic heterocycles. The van der Waals surface area contributed by atoms with E-state index in [2.05, 4.69) is 76.1 Å². The molecule has 0 atom stereocenters. The lowest BCUT2D eigenvalue weighted by atomic mass is 9.97. The maximum absolute atomic E-state index is 11.4. The summed E-state index contributed by atoms with van der Waals surface area (Å²) in [6.07, 6.45) is 4.75. The van der Waals surface area contributed by atoms with E-state index in [-0.39, 0.29) is 6.61 Å². The van der Waals surface area contributed by atoms with Gasteiger partial charge >= 0.3 is 5.97 Å². The molecule has 5 rings (SSSR count). The van der Waals surface area contributed by atoms with E-state index in [1.807, 2.05) is 36.9 Å². The first-order valence-electron chi connectivity index (χ1n) is 14.4. The lowest BCUT2D eigenvalue weighted by Crippen LogP contribution is -2.36. The summed E-state index contributed by atoms with van der Waals surface area (Å²) in [6.45, 7) is 6.40. The van der Waals surface area contributed by atoms with Gasteiger partial charge in [-0.3, -0.25) is 4.90 Å². The number of hydrogen-bond donors (Lipinski definition) is 0. The van der Waals surface area contributed by atoms with Crippen LogP contribution in [0.4, 0.5) is 0 Å². The third-order valence-corrected chi connectivity index (χ3v) is 8.43. The van der Waals surface area contributed by atoms with Gasteiger partial charge in [0.15, 0.2) is 6.61 Å². The van der Waals surface area contributed by atoms with Crippen LogP contribution in [0.5, 0.6) is 11.5 Å². The molecule has 0 radical (unpaired) electrons. The van der Waals surface area contributed by atoms with E-state index >= 15 is 0 Å². The molecule has 42 heavy (non-hydrogen) atoms. The summed E-state index contributed by atoms with van der Waals surface area (Å²) in [6, 6.07) is 22.8. The molecule has 0 spiro atoms. The molecule has 3 aromatic rings. The van der Waals surface area contributed by atoms with Crippen molar-refractivity contribution in [2.24, 2.45) is 0 Å². The molecule has 2 aliphatic rings.